The van der Waals surface area contributed by atoms with Gasteiger partial charge in [0.25, 0.3) is 5.56 Å². The second-order valence-corrected chi connectivity index (χ2v) is 7.60. The van der Waals surface area contributed by atoms with Gasteiger partial charge < -0.3 is 16.0 Å². The molecule has 2 heterocycles. The number of hydrogen-bond donors (Lipinski definition) is 3. The molecule has 4 rings (SSSR count). The van der Waals surface area contributed by atoms with E-state index in [-0.39, 0.29) is 30.7 Å². The summed E-state index contributed by atoms with van der Waals surface area (Å²) in [6, 6.07) is 9.65. The molecule has 0 spiro atoms. The van der Waals surface area contributed by atoms with Gasteiger partial charge in [-0.3, -0.25) is 9.36 Å². The van der Waals surface area contributed by atoms with Gasteiger partial charge in [0.2, 0.25) is 5.95 Å². The van der Waals surface area contributed by atoms with Crippen molar-refractivity contribution in [2.24, 2.45) is 0 Å². The Balaban J connectivity index is 1.94. The summed E-state index contributed by atoms with van der Waals surface area (Å²) in [4.78, 5) is 33.1. The lowest BCUT2D eigenvalue weighted by Crippen LogP contribution is -2.35. The van der Waals surface area contributed by atoms with E-state index in [0.717, 1.165) is 16.7 Å². The Bertz CT molecular complexity index is 1470. The molecular weight excluding hydrogens is 461 g/mol. The maximum absolute atomic E-state index is 14.7. The highest BCUT2D eigenvalue weighted by Crippen LogP contribution is 2.31. The third-order valence-electron chi connectivity index (χ3n) is 5.28. The van der Waals surface area contributed by atoms with Crippen molar-refractivity contribution in [2.45, 2.75) is 6.92 Å². The lowest BCUT2D eigenvalue weighted by molar-refractivity contribution is 0.243. The molecule has 0 aliphatic heterocycles. The number of halogens is 3. The Morgan fingerprint density at radius 1 is 1.00 bits per heavy atom. The molecule has 4 aromatic rings. The van der Waals surface area contributed by atoms with Crippen LogP contribution in [0.1, 0.15) is 5.56 Å². The van der Waals surface area contributed by atoms with Gasteiger partial charge in [-0.2, -0.15) is 4.98 Å². The van der Waals surface area contributed by atoms with Crippen molar-refractivity contribution < 1.29 is 18.0 Å². The summed E-state index contributed by atoms with van der Waals surface area (Å²) in [6.45, 7) is 2.13. The first-order valence-corrected chi connectivity index (χ1v) is 10.6. The minimum Gasteiger partial charge on any atom is -0.352 e. The number of para-hydroxylation sites is 1. The summed E-state index contributed by atoms with van der Waals surface area (Å²) in [5.41, 5.74) is 0.123. The number of hydrogen-bond acceptors (Lipinski definition) is 5. The van der Waals surface area contributed by atoms with Crippen LogP contribution >= 0.6 is 0 Å². The van der Waals surface area contributed by atoms with Crippen molar-refractivity contribution in [3.63, 3.8) is 0 Å². The maximum Gasteiger partial charge on any atom is 0.314 e. The van der Waals surface area contributed by atoms with Crippen LogP contribution in [0.3, 0.4) is 0 Å². The standard InChI is InChI=1S/C24H21F3N6O2/c1-13-12-14(25)6-7-15(13)20-16-8-9-19(34)33(21-17(26)4-3-5-18(21)27)22(16)32-23(31-20)29-10-11-30-24(35)28-2/h3-9,12H,10-11H2,1-2H3,(H2,28,30,35)(H,29,31,32). The number of aromatic nitrogens is 3. The second-order valence-electron chi connectivity index (χ2n) is 7.60. The minimum absolute atomic E-state index is 0.0445. The summed E-state index contributed by atoms with van der Waals surface area (Å²) in [5, 5.41) is 8.29. The predicted molar refractivity (Wildman–Crippen MR) is 126 cm³/mol. The molecule has 35 heavy (non-hydrogen) atoms. The van der Waals surface area contributed by atoms with Gasteiger partial charge in [0.1, 0.15) is 23.1 Å². The van der Waals surface area contributed by atoms with E-state index in [1.807, 2.05) is 0 Å². The highest BCUT2D eigenvalue weighted by atomic mass is 19.1. The first-order chi connectivity index (χ1) is 16.8. The average molecular weight is 482 g/mol. The molecule has 0 aliphatic rings. The molecule has 2 amide bonds. The highest BCUT2D eigenvalue weighted by Gasteiger charge is 2.20. The van der Waals surface area contributed by atoms with Crippen LogP contribution in [-0.2, 0) is 0 Å². The molecule has 0 unspecified atom stereocenters. The zero-order chi connectivity index (χ0) is 25.1. The Morgan fingerprint density at radius 2 is 1.74 bits per heavy atom. The van der Waals surface area contributed by atoms with Crippen molar-refractivity contribution in [2.75, 3.05) is 25.5 Å². The number of amides is 2. The summed E-state index contributed by atoms with van der Waals surface area (Å²) in [5.74, 6) is -2.27. The van der Waals surface area contributed by atoms with Crippen LogP contribution in [0.25, 0.3) is 28.0 Å². The van der Waals surface area contributed by atoms with Gasteiger partial charge in [-0.05, 0) is 48.9 Å². The Kier molecular flexibility index (Phi) is 6.67. The summed E-state index contributed by atoms with van der Waals surface area (Å²) in [6.07, 6.45) is 0. The molecule has 8 nitrogen and oxygen atoms in total. The molecule has 0 saturated heterocycles. The van der Waals surface area contributed by atoms with Crippen molar-refractivity contribution in [1.82, 2.24) is 25.2 Å². The number of aryl methyl sites for hydroxylation is 1. The van der Waals surface area contributed by atoms with Gasteiger partial charge in [0.05, 0.1) is 5.69 Å². The number of anilines is 1. The molecule has 0 atom stereocenters. The van der Waals surface area contributed by atoms with E-state index in [0.29, 0.717) is 22.2 Å². The molecule has 2 aromatic heterocycles. The Morgan fingerprint density at radius 3 is 2.43 bits per heavy atom. The lowest BCUT2D eigenvalue weighted by Gasteiger charge is -2.16. The number of pyridine rings is 1. The average Bonchev–Trinajstić information content (AvgIpc) is 2.82. The second kappa shape index (κ2) is 9.84. The lowest BCUT2D eigenvalue weighted by atomic mass is 10.0. The SMILES string of the molecule is CNC(=O)NCCNc1nc(-c2ccc(F)cc2C)c2ccc(=O)n(-c3c(F)cccc3F)c2n1. The molecule has 11 heteroatoms. The molecule has 0 radical (unpaired) electrons. The van der Waals surface area contributed by atoms with Crippen LogP contribution in [0, 0.1) is 24.4 Å². The van der Waals surface area contributed by atoms with Crippen molar-refractivity contribution >= 4 is 23.0 Å². The van der Waals surface area contributed by atoms with Gasteiger partial charge in [-0.15, -0.1) is 0 Å². The number of benzene rings is 2. The highest BCUT2D eigenvalue weighted by molar-refractivity contribution is 5.93. The van der Waals surface area contributed by atoms with E-state index >= 15 is 0 Å². The van der Waals surface area contributed by atoms with Gasteiger partial charge in [-0.25, -0.2) is 22.9 Å². The Labute approximate surface area is 197 Å². The number of carbonyl (C=O) groups is 1. The quantitative estimate of drug-likeness (QED) is 0.365. The van der Waals surface area contributed by atoms with Gasteiger partial charge >= 0.3 is 6.03 Å². The number of nitrogens with zero attached hydrogens (tertiary/aromatic N) is 3. The molecular formula is C24H21F3N6O2. The summed E-state index contributed by atoms with van der Waals surface area (Å²) < 4.78 is 44.0. The third kappa shape index (κ3) is 4.79. The van der Waals surface area contributed by atoms with Crippen LogP contribution in [0.4, 0.5) is 23.9 Å². The Hall–Kier alpha value is -4.41. The van der Waals surface area contributed by atoms with Gasteiger partial charge in [0, 0.05) is 37.2 Å². The normalized spacial score (nSPS) is 10.9. The first-order valence-electron chi connectivity index (χ1n) is 10.6. The largest absolute Gasteiger partial charge is 0.352 e. The van der Waals surface area contributed by atoms with Crippen LogP contribution < -0.4 is 21.5 Å². The van der Waals surface area contributed by atoms with Crippen molar-refractivity contribution in [1.29, 1.82) is 0 Å². The van der Waals surface area contributed by atoms with Crippen molar-refractivity contribution in [3.8, 4) is 16.9 Å². The zero-order valence-electron chi connectivity index (χ0n) is 18.8. The molecule has 2 aromatic carbocycles. The van der Waals surface area contributed by atoms with E-state index in [2.05, 4.69) is 25.9 Å². The fraction of sp³-hybridized carbons (Fsp3) is 0.167. The molecule has 0 bridgehead atoms. The van der Waals surface area contributed by atoms with E-state index in [9.17, 15) is 22.8 Å². The van der Waals surface area contributed by atoms with Crippen LogP contribution in [0.2, 0.25) is 0 Å². The van der Waals surface area contributed by atoms with Crippen LogP contribution in [-0.4, -0.2) is 40.7 Å². The monoisotopic (exact) mass is 482 g/mol. The molecule has 0 saturated carbocycles. The molecule has 0 aliphatic carbocycles. The summed E-state index contributed by atoms with van der Waals surface area (Å²) >= 11 is 0. The summed E-state index contributed by atoms with van der Waals surface area (Å²) in [7, 11) is 1.48. The molecule has 0 fully saturated rings. The van der Waals surface area contributed by atoms with Crippen molar-refractivity contribution in [3.05, 3.63) is 81.9 Å². The fourth-order valence-corrected chi connectivity index (χ4v) is 3.65. The van der Waals surface area contributed by atoms with Gasteiger partial charge in [-0.1, -0.05) is 6.07 Å². The third-order valence-corrected chi connectivity index (χ3v) is 5.28. The number of nitrogens with one attached hydrogen (secondary N) is 3. The molecule has 180 valence electrons. The number of fused-ring (bicyclic) bond motifs is 1. The van der Waals surface area contributed by atoms with Crippen LogP contribution in [0.15, 0.2) is 53.3 Å². The minimum atomic E-state index is -0.943. The number of carbonyl (C=O) groups excluding carboxylic acids is 1. The number of urea groups is 1. The van der Waals surface area contributed by atoms with Gasteiger partial charge in [0.15, 0.2) is 5.65 Å². The van der Waals surface area contributed by atoms with E-state index in [1.165, 1.54) is 43.4 Å². The zero-order valence-corrected chi connectivity index (χ0v) is 18.8. The van der Waals surface area contributed by atoms with E-state index in [1.54, 1.807) is 6.92 Å². The number of rotatable bonds is 6. The van der Waals surface area contributed by atoms with E-state index in [4.69, 9.17) is 0 Å². The first kappa shape index (κ1) is 23.7. The smallest absolute Gasteiger partial charge is 0.314 e. The predicted octanol–water partition coefficient (Wildman–Crippen LogP) is 3.51. The van der Waals surface area contributed by atoms with Crippen LogP contribution in [0.5, 0.6) is 0 Å². The maximum atomic E-state index is 14.7. The molecule has 3 N–H and O–H groups in total. The topological polar surface area (TPSA) is 101 Å². The van der Waals surface area contributed by atoms with E-state index < -0.39 is 28.7 Å². The fourth-order valence-electron chi connectivity index (χ4n) is 3.65.